The molecule has 2 rings (SSSR count). The summed E-state index contributed by atoms with van der Waals surface area (Å²) >= 11 is 0. The summed E-state index contributed by atoms with van der Waals surface area (Å²) in [7, 11) is 1.26. The van der Waals surface area contributed by atoms with Crippen LogP contribution in [-0.2, 0) is 9.53 Å². The Morgan fingerprint density at radius 3 is 2.75 bits per heavy atom. The van der Waals surface area contributed by atoms with Gasteiger partial charge in [0, 0.05) is 25.5 Å². The number of piperidine rings is 1. The van der Waals surface area contributed by atoms with Crippen LogP contribution in [-0.4, -0.2) is 47.3 Å². The normalized spacial score (nSPS) is 17.4. The third kappa shape index (κ3) is 2.86. The van der Waals surface area contributed by atoms with Crippen molar-refractivity contribution in [1.82, 2.24) is 9.97 Å². The number of carbonyl (C=O) groups excluding carboxylic acids is 1. The van der Waals surface area contributed by atoms with Crippen LogP contribution in [0.4, 0.5) is 5.82 Å². The van der Waals surface area contributed by atoms with Crippen molar-refractivity contribution in [2.75, 3.05) is 25.1 Å². The van der Waals surface area contributed by atoms with Gasteiger partial charge in [0.2, 0.25) is 0 Å². The molecule has 1 aliphatic rings. The molecule has 7 heteroatoms. The van der Waals surface area contributed by atoms with E-state index in [1.807, 2.05) is 11.0 Å². The van der Waals surface area contributed by atoms with Gasteiger partial charge in [-0.2, -0.15) is 5.26 Å². The molecule has 0 saturated carbocycles. The summed E-state index contributed by atoms with van der Waals surface area (Å²) in [6.45, 7) is 1.23. The predicted octanol–water partition coefficient (Wildman–Crippen LogP) is 0.0986. The standard InChI is InChI=1S/C13H16N4O3/c1-20-13(19)11(18)9-2-6-17(7-3-9)12-10(8-14)15-4-5-16-12/h4-5,9,11,18H,2-3,6-7H2,1H3. The first kappa shape index (κ1) is 14.2. The lowest BCUT2D eigenvalue weighted by atomic mass is 9.91. The van der Waals surface area contributed by atoms with Crippen molar-refractivity contribution in [3.8, 4) is 6.07 Å². The number of aromatic nitrogens is 2. The molecule has 1 aromatic heterocycles. The molecule has 106 valence electrons. The topological polar surface area (TPSA) is 99.3 Å². The van der Waals surface area contributed by atoms with E-state index in [0.717, 1.165) is 0 Å². The van der Waals surface area contributed by atoms with E-state index in [0.29, 0.717) is 37.4 Å². The molecule has 0 spiro atoms. The molecule has 1 N–H and O–H groups in total. The quantitative estimate of drug-likeness (QED) is 0.781. The number of hydrogen-bond donors (Lipinski definition) is 1. The first-order valence-electron chi connectivity index (χ1n) is 6.39. The maximum absolute atomic E-state index is 11.3. The van der Waals surface area contributed by atoms with E-state index in [1.54, 1.807) is 6.20 Å². The molecule has 0 amide bonds. The highest BCUT2D eigenvalue weighted by atomic mass is 16.5. The second kappa shape index (κ2) is 6.30. The van der Waals surface area contributed by atoms with Crippen LogP contribution in [0.5, 0.6) is 0 Å². The number of anilines is 1. The molecule has 1 fully saturated rings. The highest BCUT2D eigenvalue weighted by molar-refractivity contribution is 5.74. The van der Waals surface area contributed by atoms with Crippen molar-refractivity contribution < 1.29 is 14.6 Å². The van der Waals surface area contributed by atoms with Crippen molar-refractivity contribution >= 4 is 11.8 Å². The van der Waals surface area contributed by atoms with Crippen molar-refractivity contribution in [3.05, 3.63) is 18.1 Å². The van der Waals surface area contributed by atoms with Gasteiger partial charge in [0.1, 0.15) is 6.07 Å². The smallest absolute Gasteiger partial charge is 0.334 e. The van der Waals surface area contributed by atoms with Gasteiger partial charge >= 0.3 is 5.97 Å². The van der Waals surface area contributed by atoms with Crippen molar-refractivity contribution in [2.24, 2.45) is 5.92 Å². The number of aliphatic hydroxyl groups excluding tert-OH is 1. The summed E-state index contributed by atoms with van der Waals surface area (Å²) in [4.78, 5) is 21.4. The summed E-state index contributed by atoms with van der Waals surface area (Å²) in [5.41, 5.74) is 0.291. The third-order valence-electron chi connectivity index (χ3n) is 3.51. The van der Waals surface area contributed by atoms with Gasteiger partial charge in [-0.05, 0) is 18.8 Å². The second-order valence-corrected chi connectivity index (χ2v) is 4.63. The van der Waals surface area contributed by atoms with Crippen molar-refractivity contribution in [2.45, 2.75) is 18.9 Å². The summed E-state index contributed by atoms with van der Waals surface area (Å²) in [6.07, 6.45) is 3.22. The molecule has 1 unspecified atom stereocenters. The van der Waals surface area contributed by atoms with Crippen LogP contribution in [0, 0.1) is 17.2 Å². The molecule has 20 heavy (non-hydrogen) atoms. The van der Waals surface area contributed by atoms with E-state index in [1.165, 1.54) is 13.3 Å². The maximum atomic E-state index is 11.3. The number of rotatable bonds is 3. The molecule has 0 aromatic carbocycles. The monoisotopic (exact) mass is 276 g/mol. The van der Waals surface area contributed by atoms with Crippen LogP contribution in [0.1, 0.15) is 18.5 Å². The van der Waals surface area contributed by atoms with Crippen LogP contribution >= 0.6 is 0 Å². The molecule has 0 aliphatic carbocycles. The molecule has 1 saturated heterocycles. The van der Waals surface area contributed by atoms with Crippen LogP contribution in [0.2, 0.25) is 0 Å². The number of hydrogen-bond acceptors (Lipinski definition) is 7. The van der Waals surface area contributed by atoms with Crippen LogP contribution in [0.15, 0.2) is 12.4 Å². The summed E-state index contributed by atoms with van der Waals surface area (Å²) in [5.74, 6) is -0.164. The van der Waals surface area contributed by atoms with E-state index < -0.39 is 12.1 Å². The molecular weight excluding hydrogens is 260 g/mol. The molecule has 0 bridgehead atoms. The van der Waals surface area contributed by atoms with Crippen molar-refractivity contribution in [3.63, 3.8) is 0 Å². The molecule has 1 atom stereocenters. The zero-order valence-electron chi connectivity index (χ0n) is 11.2. The second-order valence-electron chi connectivity index (χ2n) is 4.63. The molecular formula is C13H16N4O3. The SMILES string of the molecule is COC(=O)C(O)C1CCN(c2nccnc2C#N)CC1. The molecule has 1 aliphatic heterocycles. The average molecular weight is 276 g/mol. The largest absolute Gasteiger partial charge is 0.467 e. The number of nitrogens with zero attached hydrogens (tertiary/aromatic N) is 4. The van der Waals surface area contributed by atoms with Gasteiger partial charge in [-0.25, -0.2) is 14.8 Å². The van der Waals surface area contributed by atoms with Gasteiger partial charge in [0.25, 0.3) is 0 Å². The minimum absolute atomic E-state index is 0.124. The first-order chi connectivity index (χ1) is 9.67. The van der Waals surface area contributed by atoms with Gasteiger partial charge < -0.3 is 14.7 Å². The Bertz CT molecular complexity index is 521. The Morgan fingerprint density at radius 1 is 1.50 bits per heavy atom. The van der Waals surface area contributed by atoms with Gasteiger partial charge in [-0.15, -0.1) is 0 Å². The molecule has 7 nitrogen and oxygen atoms in total. The molecule has 0 radical (unpaired) electrons. The van der Waals surface area contributed by atoms with E-state index in [-0.39, 0.29) is 5.92 Å². The van der Waals surface area contributed by atoms with Gasteiger partial charge in [-0.1, -0.05) is 0 Å². The molecule has 2 heterocycles. The zero-order chi connectivity index (χ0) is 14.5. The van der Waals surface area contributed by atoms with E-state index in [9.17, 15) is 9.90 Å². The lowest BCUT2D eigenvalue weighted by Crippen LogP contribution is -2.41. The highest BCUT2D eigenvalue weighted by Gasteiger charge is 2.31. The van der Waals surface area contributed by atoms with E-state index >= 15 is 0 Å². The summed E-state index contributed by atoms with van der Waals surface area (Å²) in [6, 6.07) is 2.02. The minimum atomic E-state index is -1.08. The number of nitriles is 1. The molecule has 1 aromatic rings. The van der Waals surface area contributed by atoms with Crippen LogP contribution in [0.25, 0.3) is 0 Å². The van der Waals surface area contributed by atoms with Crippen LogP contribution in [0.3, 0.4) is 0 Å². The fourth-order valence-electron chi connectivity index (χ4n) is 2.38. The average Bonchev–Trinajstić information content (AvgIpc) is 2.53. The van der Waals surface area contributed by atoms with E-state index in [4.69, 9.17) is 5.26 Å². The van der Waals surface area contributed by atoms with Crippen LogP contribution < -0.4 is 4.90 Å². The lowest BCUT2D eigenvalue weighted by molar-refractivity contribution is -0.153. The number of esters is 1. The Morgan fingerprint density at radius 2 is 2.15 bits per heavy atom. The third-order valence-corrected chi connectivity index (χ3v) is 3.51. The maximum Gasteiger partial charge on any atom is 0.334 e. The van der Waals surface area contributed by atoms with Gasteiger partial charge in [-0.3, -0.25) is 0 Å². The Kier molecular flexibility index (Phi) is 4.48. The predicted molar refractivity (Wildman–Crippen MR) is 69.7 cm³/mol. The van der Waals surface area contributed by atoms with Gasteiger partial charge in [0.05, 0.1) is 7.11 Å². The minimum Gasteiger partial charge on any atom is -0.467 e. The van der Waals surface area contributed by atoms with Gasteiger partial charge in [0.15, 0.2) is 17.6 Å². The fourth-order valence-corrected chi connectivity index (χ4v) is 2.38. The van der Waals surface area contributed by atoms with E-state index in [2.05, 4.69) is 14.7 Å². The Balaban J connectivity index is 2.01. The number of carbonyl (C=O) groups is 1. The Hall–Kier alpha value is -2.20. The van der Waals surface area contributed by atoms with Crippen molar-refractivity contribution in [1.29, 1.82) is 5.26 Å². The Labute approximate surface area is 116 Å². The number of ether oxygens (including phenoxy) is 1. The fraction of sp³-hybridized carbons (Fsp3) is 0.538. The highest BCUT2D eigenvalue weighted by Crippen LogP contribution is 2.25. The summed E-state index contributed by atoms with van der Waals surface area (Å²) in [5, 5.41) is 18.8. The zero-order valence-corrected chi connectivity index (χ0v) is 11.2. The first-order valence-corrected chi connectivity index (χ1v) is 6.39. The summed E-state index contributed by atoms with van der Waals surface area (Å²) < 4.78 is 4.55. The number of aliphatic hydroxyl groups is 1. The number of methoxy groups -OCH3 is 1. The lowest BCUT2D eigenvalue weighted by Gasteiger charge is -2.34.